The highest BCUT2D eigenvalue weighted by Crippen LogP contribution is 2.31. The zero-order valence-corrected chi connectivity index (χ0v) is 19.7. The number of sulfonamides is 1. The number of amides is 2. The zero-order chi connectivity index (χ0) is 22.2. The van der Waals surface area contributed by atoms with E-state index in [9.17, 15) is 18.0 Å². The van der Waals surface area contributed by atoms with Crippen LogP contribution >= 0.6 is 34.2 Å². The highest BCUT2D eigenvalue weighted by Gasteiger charge is 2.47. The summed E-state index contributed by atoms with van der Waals surface area (Å²) in [6.45, 7) is -0.192. The first kappa shape index (κ1) is 22.0. The maximum Gasteiger partial charge on any atom is 0.252 e. The van der Waals surface area contributed by atoms with Crippen molar-refractivity contribution in [1.29, 1.82) is 0 Å². The fourth-order valence-corrected chi connectivity index (χ4v) is 5.40. The molecule has 1 aliphatic heterocycles. The van der Waals surface area contributed by atoms with Crippen molar-refractivity contribution in [3.63, 3.8) is 0 Å². The SMILES string of the molecule is O=C1CC(N(Cc2ccco2)S(=O)(=O)c2ccc(Cl)cc2)C(=O)N1c1ccc(I)cc1. The summed E-state index contributed by atoms with van der Waals surface area (Å²) in [6.07, 6.45) is 1.15. The van der Waals surface area contributed by atoms with E-state index in [1.54, 1.807) is 36.4 Å². The summed E-state index contributed by atoms with van der Waals surface area (Å²) in [7, 11) is -4.13. The molecule has 0 bridgehead atoms. The molecular weight excluding hydrogens is 555 g/mol. The second kappa shape index (κ2) is 8.73. The smallest absolute Gasteiger partial charge is 0.252 e. The van der Waals surface area contributed by atoms with Crippen molar-refractivity contribution in [2.45, 2.75) is 23.9 Å². The standard InChI is InChI=1S/C21H16ClIN2O5S/c22-14-3-9-18(10-4-14)31(28,29)24(13-17-2-1-11-30-17)19-12-20(26)25(21(19)27)16-7-5-15(23)6-8-16/h1-11,19H,12-13H2. The maximum absolute atomic E-state index is 13.5. The van der Waals surface area contributed by atoms with Gasteiger partial charge >= 0.3 is 0 Å². The van der Waals surface area contributed by atoms with Crippen molar-refractivity contribution in [1.82, 2.24) is 4.31 Å². The third kappa shape index (κ3) is 4.40. The Bertz CT molecular complexity index is 1210. The van der Waals surface area contributed by atoms with Crippen LogP contribution in [0.3, 0.4) is 0 Å². The molecule has 0 spiro atoms. The maximum atomic E-state index is 13.5. The second-order valence-electron chi connectivity index (χ2n) is 6.85. The predicted octanol–water partition coefficient (Wildman–Crippen LogP) is 4.06. The largest absolute Gasteiger partial charge is 0.468 e. The fraction of sp³-hybridized carbons (Fsp3) is 0.143. The summed E-state index contributed by atoms with van der Waals surface area (Å²) in [5.74, 6) is -0.715. The van der Waals surface area contributed by atoms with Crippen LogP contribution in [-0.2, 0) is 26.2 Å². The minimum atomic E-state index is -4.13. The molecule has 1 saturated heterocycles. The Hall–Kier alpha value is -2.21. The number of carbonyl (C=O) groups excluding carboxylic acids is 2. The molecule has 4 rings (SSSR count). The number of benzene rings is 2. The van der Waals surface area contributed by atoms with Gasteiger partial charge in [0.2, 0.25) is 15.9 Å². The van der Waals surface area contributed by atoms with E-state index in [0.717, 1.165) is 12.8 Å². The molecule has 0 aliphatic carbocycles. The molecule has 2 aromatic carbocycles. The van der Waals surface area contributed by atoms with Crippen molar-refractivity contribution in [3.8, 4) is 0 Å². The third-order valence-corrected chi connectivity index (χ3v) is 7.71. The summed E-state index contributed by atoms with van der Waals surface area (Å²) in [5, 5.41) is 0.383. The van der Waals surface area contributed by atoms with Gasteiger partial charge < -0.3 is 4.42 Å². The Morgan fingerprint density at radius 1 is 1.06 bits per heavy atom. The molecule has 1 fully saturated rings. The number of hydrogen-bond donors (Lipinski definition) is 0. The van der Waals surface area contributed by atoms with Gasteiger partial charge in [-0.3, -0.25) is 9.59 Å². The summed E-state index contributed by atoms with van der Waals surface area (Å²) in [6, 6.07) is 14.6. The van der Waals surface area contributed by atoms with E-state index < -0.39 is 27.9 Å². The number of furan rings is 1. The highest BCUT2D eigenvalue weighted by atomic mass is 127. The molecule has 0 radical (unpaired) electrons. The van der Waals surface area contributed by atoms with Gasteiger partial charge in [-0.25, -0.2) is 13.3 Å². The molecule has 0 saturated carbocycles. The lowest BCUT2D eigenvalue weighted by Gasteiger charge is -2.26. The van der Waals surface area contributed by atoms with Gasteiger partial charge in [-0.05, 0) is 83.3 Å². The Morgan fingerprint density at radius 2 is 1.74 bits per heavy atom. The average Bonchev–Trinajstić information content (AvgIpc) is 3.35. The van der Waals surface area contributed by atoms with Gasteiger partial charge in [0.1, 0.15) is 11.8 Å². The molecule has 31 heavy (non-hydrogen) atoms. The van der Waals surface area contributed by atoms with E-state index in [2.05, 4.69) is 22.6 Å². The van der Waals surface area contributed by atoms with Crippen LogP contribution in [0.1, 0.15) is 12.2 Å². The minimum Gasteiger partial charge on any atom is -0.468 e. The van der Waals surface area contributed by atoms with E-state index in [4.69, 9.17) is 16.0 Å². The molecule has 2 amide bonds. The fourth-order valence-electron chi connectivity index (χ4n) is 3.36. The van der Waals surface area contributed by atoms with Gasteiger partial charge in [-0.1, -0.05) is 11.6 Å². The molecular formula is C21H16ClIN2O5S. The molecule has 7 nitrogen and oxygen atoms in total. The predicted molar refractivity (Wildman–Crippen MR) is 123 cm³/mol. The molecule has 0 N–H and O–H groups in total. The molecule has 1 unspecified atom stereocenters. The number of hydrogen-bond acceptors (Lipinski definition) is 5. The van der Waals surface area contributed by atoms with Crippen LogP contribution < -0.4 is 4.90 Å². The Morgan fingerprint density at radius 3 is 2.35 bits per heavy atom. The lowest BCUT2D eigenvalue weighted by Crippen LogP contribution is -2.45. The summed E-state index contributed by atoms with van der Waals surface area (Å²) in [4.78, 5) is 27.0. The monoisotopic (exact) mass is 570 g/mol. The van der Waals surface area contributed by atoms with E-state index in [1.807, 2.05) is 0 Å². The first-order valence-electron chi connectivity index (χ1n) is 9.19. The van der Waals surface area contributed by atoms with Gasteiger partial charge in [-0.2, -0.15) is 4.31 Å². The zero-order valence-electron chi connectivity index (χ0n) is 15.9. The van der Waals surface area contributed by atoms with Crippen LogP contribution in [0.25, 0.3) is 0 Å². The normalized spacial score (nSPS) is 17.0. The number of imide groups is 1. The summed E-state index contributed by atoms with van der Waals surface area (Å²) < 4.78 is 34.2. The van der Waals surface area contributed by atoms with Gasteiger partial charge in [0.25, 0.3) is 5.91 Å². The van der Waals surface area contributed by atoms with Crippen molar-refractivity contribution >= 4 is 61.7 Å². The third-order valence-electron chi connectivity index (χ3n) is 4.87. The molecule has 1 aromatic heterocycles. The molecule has 10 heteroatoms. The summed E-state index contributed by atoms with van der Waals surface area (Å²) >= 11 is 8.01. The Labute approximate surface area is 197 Å². The number of anilines is 1. The summed E-state index contributed by atoms with van der Waals surface area (Å²) in [5.41, 5.74) is 0.403. The van der Waals surface area contributed by atoms with E-state index in [0.29, 0.717) is 16.5 Å². The van der Waals surface area contributed by atoms with E-state index >= 15 is 0 Å². The lowest BCUT2D eigenvalue weighted by molar-refractivity contribution is -0.122. The number of nitrogens with zero attached hydrogens (tertiary/aromatic N) is 2. The van der Waals surface area contributed by atoms with Crippen LogP contribution in [0.5, 0.6) is 0 Å². The average molecular weight is 571 g/mol. The van der Waals surface area contributed by atoms with E-state index in [-0.39, 0.29) is 17.9 Å². The number of halogens is 2. The molecule has 160 valence electrons. The molecule has 3 aromatic rings. The molecule has 1 aliphatic rings. The minimum absolute atomic E-state index is 0.0311. The van der Waals surface area contributed by atoms with Crippen molar-refractivity contribution in [3.05, 3.63) is 81.3 Å². The Kier molecular flexibility index (Phi) is 6.20. The lowest BCUT2D eigenvalue weighted by atomic mass is 10.2. The number of carbonyl (C=O) groups is 2. The van der Waals surface area contributed by atoms with E-state index in [1.165, 1.54) is 30.5 Å². The first-order valence-corrected chi connectivity index (χ1v) is 12.1. The van der Waals surface area contributed by atoms with Crippen molar-refractivity contribution in [2.24, 2.45) is 0 Å². The van der Waals surface area contributed by atoms with Gasteiger partial charge in [0.05, 0.1) is 29.8 Å². The van der Waals surface area contributed by atoms with Crippen molar-refractivity contribution in [2.75, 3.05) is 4.90 Å². The van der Waals surface area contributed by atoms with Crippen LogP contribution in [0.2, 0.25) is 5.02 Å². The highest BCUT2D eigenvalue weighted by molar-refractivity contribution is 14.1. The number of rotatable bonds is 6. The van der Waals surface area contributed by atoms with Crippen LogP contribution in [0.15, 0.2) is 76.2 Å². The van der Waals surface area contributed by atoms with Crippen LogP contribution in [0.4, 0.5) is 5.69 Å². The Balaban J connectivity index is 1.73. The first-order chi connectivity index (χ1) is 14.8. The van der Waals surface area contributed by atoms with Gasteiger partial charge in [-0.15, -0.1) is 0 Å². The van der Waals surface area contributed by atoms with Crippen molar-refractivity contribution < 1.29 is 22.4 Å². The van der Waals surface area contributed by atoms with Gasteiger partial charge in [0.15, 0.2) is 0 Å². The molecule has 1 atom stereocenters. The van der Waals surface area contributed by atoms with Crippen LogP contribution in [-0.4, -0.2) is 30.6 Å². The topological polar surface area (TPSA) is 87.9 Å². The quantitative estimate of drug-likeness (QED) is 0.330. The second-order valence-corrected chi connectivity index (χ2v) is 10.4. The van der Waals surface area contributed by atoms with Gasteiger partial charge in [0, 0.05) is 8.59 Å². The molecule has 2 heterocycles. The van der Waals surface area contributed by atoms with Crippen LogP contribution in [0, 0.1) is 3.57 Å².